The van der Waals surface area contributed by atoms with Gasteiger partial charge in [-0.25, -0.2) is 9.97 Å². The molecule has 20 heavy (non-hydrogen) atoms. The first-order chi connectivity index (χ1) is 8.27. The van der Waals surface area contributed by atoms with Crippen molar-refractivity contribution in [3.05, 3.63) is 24.8 Å². The van der Waals surface area contributed by atoms with Crippen LogP contribution in [0.2, 0.25) is 0 Å². The average molecular weight is 373 g/mol. The van der Waals surface area contributed by atoms with Crippen LogP contribution in [0, 0.1) is 0 Å². The van der Waals surface area contributed by atoms with E-state index in [1.165, 1.54) is 0 Å². The molecule has 117 valence electrons. The Balaban J connectivity index is 0. The molecule has 0 saturated heterocycles. The van der Waals surface area contributed by atoms with Gasteiger partial charge in [0.15, 0.2) is 10.3 Å². The van der Waals surface area contributed by atoms with Crippen molar-refractivity contribution in [2.24, 2.45) is 14.1 Å². The zero-order chi connectivity index (χ0) is 13.8. The molecule has 9 nitrogen and oxygen atoms in total. The first-order valence-electron chi connectivity index (χ1n) is 4.56. The Morgan fingerprint density at radius 2 is 1.35 bits per heavy atom. The molecule has 0 aromatic carbocycles. The minimum absolute atomic E-state index is 0. The maximum Gasteiger partial charge on any atom is 2.00 e. The fourth-order valence-corrected chi connectivity index (χ4v) is 1.78. The van der Waals surface area contributed by atoms with Crippen molar-refractivity contribution in [2.45, 2.75) is 10.3 Å². The molecule has 0 fully saturated rings. The molecule has 0 aliphatic rings. The van der Waals surface area contributed by atoms with Gasteiger partial charge in [0.25, 0.3) is 0 Å². The van der Waals surface area contributed by atoms with E-state index in [0.717, 1.165) is 10.3 Å². The van der Waals surface area contributed by atoms with Crippen molar-refractivity contribution < 1.29 is 40.1 Å². The van der Waals surface area contributed by atoms with Crippen molar-refractivity contribution in [1.29, 1.82) is 0 Å². The molecule has 0 unspecified atom stereocenters. The van der Waals surface area contributed by atoms with E-state index in [4.69, 9.17) is 17.5 Å². The summed E-state index contributed by atoms with van der Waals surface area (Å²) in [5, 5.41) is 1.91. The minimum atomic E-state index is -5.17. The molecule has 0 aliphatic heterocycles. The zero-order valence-electron chi connectivity index (χ0n) is 10.4. The fraction of sp³-hybridized carbons (Fsp3) is 0.250. The predicted octanol–water partition coefficient (Wildman–Crippen LogP) is -0.958. The second-order valence-electron chi connectivity index (χ2n) is 3.15. The SMILES string of the molecule is Cn1ccnc1Sc1nccn1C.O=S(=O)([O-])[O-].[Cu+2].[OH3+]. The molecule has 1 radical (unpaired) electrons. The molecule has 3 N–H and O–H groups in total. The fourth-order valence-electron chi connectivity index (χ4n) is 0.982. The van der Waals surface area contributed by atoms with E-state index in [0.29, 0.717) is 0 Å². The van der Waals surface area contributed by atoms with Crippen molar-refractivity contribution in [2.75, 3.05) is 0 Å². The van der Waals surface area contributed by atoms with E-state index in [9.17, 15) is 0 Å². The van der Waals surface area contributed by atoms with Crippen molar-refractivity contribution in [3.63, 3.8) is 0 Å². The molecule has 0 bridgehead atoms. The molecule has 0 saturated carbocycles. The summed E-state index contributed by atoms with van der Waals surface area (Å²) in [6.07, 6.45) is 7.41. The van der Waals surface area contributed by atoms with Gasteiger partial charge in [0.1, 0.15) is 0 Å². The largest absolute Gasteiger partial charge is 2.00 e. The van der Waals surface area contributed by atoms with Gasteiger partial charge in [-0.05, 0) is 11.8 Å². The van der Waals surface area contributed by atoms with Crippen LogP contribution >= 0.6 is 11.8 Å². The molecule has 0 aliphatic carbocycles. The van der Waals surface area contributed by atoms with Crippen LogP contribution in [0.15, 0.2) is 35.1 Å². The number of hydrogen-bond donors (Lipinski definition) is 0. The van der Waals surface area contributed by atoms with Crippen LogP contribution in [0.3, 0.4) is 0 Å². The van der Waals surface area contributed by atoms with E-state index >= 15 is 0 Å². The molecule has 0 amide bonds. The third kappa shape index (κ3) is 8.32. The summed E-state index contributed by atoms with van der Waals surface area (Å²) in [6, 6.07) is 0. The second kappa shape index (κ2) is 9.13. The van der Waals surface area contributed by atoms with Gasteiger partial charge in [-0.1, -0.05) is 0 Å². The average Bonchev–Trinajstić information content (AvgIpc) is 2.76. The summed E-state index contributed by atoms with van der Waals surface area (Å²) in [4.78, 5) is 8.41. The number of aromatic nitrogens is 4. The van der Waals surface area contributed by atoms with Gasteiger partial charge in [-0.3, -0.25) is 8.42 Å². The molecule has 12 heteroatoms. The molecule has 0 atom stereocenters. The molecule has 2 aromatic rings. The predicted molar refractivity (Wildman–Crippen MR) is 65.9 cm³/mol. The molecule has 0 spiro atoms. The standard InChI is InChI=1S/C8H10N4S.Cu.H2O4S.H2O/c1-11-5-3-9-7(11)13-8-10-4-6-12(8)2;;1-5(2,3)4;/h3-6H,1-2H3;;(H2,1,2,3,4);1H2/q;+2;;/p-1. The first kappa shape index (κ1) is 21.4. The van der Waals surface area contributed by atoms with E-state index in [2.05, 4.69) is 9.97 Å². The maximum atomic E-state index is 8.52. The number of nitrogens with zero attached hydrogens (tertiary/aromatic N) is 4. The van der Waals surface area contributed by atoms with Crippen LogP contribution in [0.5, 0.6) is 0 Å². The Hall–Kier alpha value is -0.881. The third-order valence-electron chi connectivity index (χ3n) is 1.74. The zero-order valence-corrected chi connectivity index (χ0v) is 13.0. The van der Waals surface area contributed by atoms with Crippen molar-refractivity contribution in [3.8, 4) is 0 Å². The van der Waals surface area contributed by atoms with Crippen LogP contribution < -0.4 is 0 Å². The van der Waals surface area contributed by atoms with E-state index in [1.54, 1.807) is 24.2 Å². The summed E-state index contributed by atoms with van der Waals surface area (Å²) < 4.78 is 38.0. The third-order valence-corrected chi connectivity index (χ3v) is 2.89. The van der Waals surface area contributed by atoms with E-state index in [1.807, 2.05) is 35.6 Å². The molecular weight excluding hydrogens is 360 g/mol. The molecular formula is C8H13CuN4O5S2+. The summed E-state index contributed by atoms with van der Waals surface area (Å²) in [6.45, 7) is 0. The summed E-state index contributed by atoms with van der Waals surface area (Å²) in [7, 11) is -1.23. The number of hydrogen-bond acceptors (Lipinski definition) is 7. The smallest absolute Gasteiger partial charge is 0.759 e. The first-order valence-corrected chi connectivity index (χ1v) is 6.71. The van der Waals surface area contributed by atoms with Crippen molar-refractivity contribution >= 4 is 22.2 Å². The maximum absolute atomic E-state index is 8.52. The summed E-state index contributed by atoms with van der Waals surface area (Å²) in [5.74, 6) is 0. The van der Waals surface area contributed by atoms with E-state index < -0.39 is 10.4 Å². The summed E-state index contributed by atoms with van der Waals surface area (Å²) >= 11 is 1.56. The van der Waals surface area contributed by atoms with Crippen LogP contribution in [0.4, 0.5) is 0 Å². The Morgan fingerprint density at radius 3 is 1.55 bits per heavy atom. The number of rotatable bonds is 2. The molecule has 2 rings (SSSR count). The topological polar surface area (TPSA) is 149 Å². The van der Waals surface area contributed by atoms with Crippen LogP contribution in [-0.4, -0.2) is 36.6 Å². The van der Waals surface area contributed by atoms with Gasteiger partial charge in [0, 0.05) is 49.3 Å². The second-order valence-corrected chi connectivity index (χ2v) is 4.90. The van der Waals surface area contributed by atoms with Crippen molar-refractivity contribution in [1.82, 2.24) is 19.1 Å². The Morgan fingerprint density at radius 1 is 1.05 bits per heavy atom. The van der Waals surface area contributed by atoms with Gasteiger partial charge < -0.3 is 23.7 Å². The Kier molecular flexibility index (Phi) is 9.78. The van der Waals surface area contributed by atoms with Crippen LogP contribution in [0.25, 0.3) is 0 Å². The number of aryl methyl sites for hydroxylation is 2. The van der Waals surface area contributed by atoms with Gasteiger partial charge in [-0.2, -0.15) is 0 Å². The van der Waals surface area contributed by atoms with Gasteiger partial charge >= 0.3 is 17.1 Å². The normalized spacial score (nSPS) is 9.80. The van der Waals surface area contributed by atoms with Gasteiger partial charge in [0.2, 0.25) is 0 Å². The summed E-state index contributed by atoms with van der Waals surface area (Å²) in [5.41, 5.74) is 0. The molecule has 2 heterocycles. The Labute approximate surface area is 130 Å². The van der Waals surface area contributed by atoms with Crippen LogP contribution in [0.1, 0.15) is 0 Å². The molecule has 2 aromatic heterocycles. The van der Waals surface area contributed by atoms with Gasteiger partial charge in [0.05, 0.1) is 0 Å². The van der Waals surface area contributed by atoms with Crippen LogP contribution in [-0.2, 0) is 47.0 Å². The minimum Gasteiger partial charge on any atom is -0.759 e. The van der Waals surface area contributed by atoms with E-state index in [-0.39, 0.29) is 22.5 Å². The van der Waals surface area contributed by atoms with Gasteiger partial charge in [-0.15, -0.1) is 0 Å². The quantitative estimate of drug-likeness (QED) is 0.285. The number of imidazole rings is 2. The Bertz CT molecular complexity index is 566. The monoisotopic (exact) mass is 372 g/mol.